The monoisotopic (exact) mass is 299 g/mol. The molecule has 0 atom stereocenters. The Hall–Kier alpha value is -2.23. The number of carbonyl (C=O) groups excluding carboxylic acids is 1. The molecule has 0 spiro atoms. The summed E-state index contributed by atoms with van der Waals surface area (Å²) in [6.07, 6.45) is 3.09. The van der Waals surface area contributed by atoms with Crippen LogP contribution in [0.2, 0.25) is 0 Å². The second kappa shape index (κ2) is 7.16. The first-order chi connectivity index (χ1) is 10.5. The van der Waals surface area contributed by atoms with Gasteiger partial charge in [-0.2, -0.15) is 0 Å². The largest absolute Gasteiger partial charge is 0.351 e. The summed E-state index contributed by atoms with van der Waals surface area (Å²) in [7, 11) is 0. The second-order valence-electron chi connectivity index (χ2n) is 5.90. The van der Waals surface area contributed by atoms with Gasteiger partial charge < -0.3 is 15.6 Å². The van der Waals surface area contributed by atoms with Crippen molar-refractivity contribution in [3.05, 3.63) is 53.3 Å². The number of nitrogens with two attached hydrogens (primary N) is 1. The maximum absolute atomic E-state index is 11.0. The van der Waals surface area contributed by atoms with E-state index < -0.39 is 6.03 Å². The standard InChI is InChI=1S/C18H25N3O/c1-4-6-16-9-10-17(21(16)13(2)3)12-14-7-5-8-15(11-14)20-18(19)22/h5,7-11,13H,4,6,12H2,1-3H3,(H3,19,20,22). The maximum Gasteiger partial charge on any atom is 0.316 e. The minimum absolute atomic E-state index is 0.443. The Morgan fingerprint density at radius 2 is 1.95 bits per heavy atom. The van der Waals surface area contributed by atoms with E-state index in [4.69, 9.17) is 5.73 Å². The van der Waals surface area contributed by atoms with Gasteiger partial charge in [0.05, 0.1) is 0 Å². The number of anilines is 1. The predicted molar refractivity (Wildman–Crippen MR) is 91.3 cm³/mol. The van der Waals surface area contributed by atoms with Crippen LogP contribution in [0.3, 0.4) is 0 Å². The van der Waals surface area contributed by atoms with Gasteiger partial charge in [-0.05, 0) is 50.1 Å². The van der Waals surface area contributed by atoms with Crippen LogP contribution in [0.4, 0.5) is 10.5 Å². The molecule has 2 aromatic rings. The van der Waals surface area contributed by atoms with E-state index in [-0.39, 0.29) is 0 Å². The molecule has 0 unspecified atom stereocenters. The lowest BCUT2D eigenvalue weighted by Gasteiger charge is -2.17. The molecule has 0 saturated carbocycles. The van der Waals surface area contributed by atoms with E-state index in [9.17, 15) is 4.79 Å². The van der Waals surface area contributed by atoms with Crippen LogP contribution >= 0.6 is 0 Å². The zero-order chi connectivity index (χ0) is 16.1. The molecule has 0 bridgehead atoms. The lowest BCUT2D eigenvalue weighted by atomic mass is 10.1. The molecule has 2 rings (SSSR count). The van der Waals surface area contributed by atoms with Gasteiger partial charge in [0.1, 0.15) is 0 Å². The third-order valence-electron chi connectivity index (χ3n) is 3.69. The third kappa shape index (κ3) is 3.91. The van der Waals surface area contributed by atoms with Crippen LogP contribution in [-0.2, 0) is 12.8 Å². The van der Waals surface area contributed by atoms with E-state index in [0.29, 0.717) is 6.04 Å². The summed E-state index contributed by atoms with van der Waals surface area (Å²) in [5, 5.41) is 2.63. The molecule has 1 aromatic heterocycles. The smallest absolute Gasteiger partial charge is 0.316 e. The fraction of sp³-hybridized carbons (Fsp3) is 0.389. The number of hydrogen-bond donors (Lipinski definition) is 2. The molecule has 1 heterocycles. The summed E-state index contributed by atoms with van der Waals surface area (Å²) in [5.41, 5.74) is 9.76. The highest BCUT2D eigenvalue weighted by atomic mass is 16.2. The summed E-state index contributed by atoms with van der Waals surface area (Å²) in [6, 6.07) is 12.2. The van der Waals surface area contributed by atoms with Crippen molar-refractivity contribution in [2.24, 2.45) is 5.73 Å². The zero-order valence-corrected chi connectivity index (χ0v) is 13.6. The lowest BCUT2D eigenvalue weighted by molar-refractivity contribution is 0.259. The van der Waals surface area contributed by atoms with Crippen LogP contribution in [-0.4, -0.2) is 10.6 Å². The first-order valence-electron chi connectivity index (χ1n) is 7.85. The van der Waals surface area contributed by atoms with E-state index in [1.54, 1.807) is 0 Å². The van der Waals surface area contributed by atoms with Gasteiger partial charge >= 0.3 is 6.03 Å². The molecule has 4 heteroatoms. The molecule has 1 aromatic carbocycles. The fourth-order valence-electron chi connectivity index (χ4n) is 2.92. The number of primary amides is 1. The molecule has 0 fully saturated rings. The number of aromatic nitrogens is 1. The van der Waals surface area contributed by atoms with Crippen molar-refractivity contribution in [1.29, 1.82) is 0 Å². The number of urea groups is 1. The average molecular weight is 299 g/mol. The van der Waals surface area contributed by atoms with Gasteiger partial charge in [0.25, 0.3) is 0 Å². The number of benzene rings is 1. The molecule has 0 aliphatic rings. The number of nitrogens with zero attached hydrogens (tertiary/aromatic N) is 1. The number of nitrogens with one attached hydrogen (secondary N) is 1. The predicted octanol–water partition coefficient (Wildman–Crippen LogP) is 4.10. The minimum atomic E-state index is -0.534. The molecule has 2 amide bonds. The highest BCUT2D eigenvalue weighted by Gasteiger charge is 2.11. The van der Waals surface area contributed by atoms with E-state index in [1.807, 2.05) is 18.2 Å². The van der Waals surface area contributed by atoms with Gasteiger partial charge in [-0.1, -0.05) is 25.5 Å². The number of hydrogen-bond acceptors (Lipinski definition) is 1. The van der Waals surface area contributed by atoms with E-state index in [1.165, 1.54) is 11.4 Å². The molecule has 0 radical (unpaired) electrons. The zero-order valence-electron chi connectivity index (χ0n) is 13.6. The highest BCUT2D eigenvalue weighted by Crippen LogP contribution is 2.21. The quantitative estimate of drug-likeness (QED) is 0.828. The summed E-state index contributed by atoms with van der Waals surface area (Å²) >= 11 is 0. The highest BCUT2D eigenvalue weighted by molar-refractivity contribution is 5.87. The lowest BCUT2D eigenvalue weighted by Crippen LogP contribution is -2.19. The number of rotatable bonds is 6. The minimum Gasteiger partial charge on any atom is -0.351 e. The van der Waals surface area contributed by atoms with Gasteiger partial charge in [0, 0.05) is 29.5 Å². The van der Waals surface area contributed by atoms with E-state index in [0.717, 1.165) is 30.5 Å². The SMILES string of the molecule is CCCc1ccc(Cc2cccc(NC(N)=O)c2)n1C(C)C. The number of amides is 2. The van der Waals surface area contributed by atoms with Crippen LogP contribution in [0, 0.1) is 0 Å². The van der Waals surface area contributed by atoms with Crippen LogP contribution in [0.5, 0.6) is 0 Å². The molecular formula is C18H25N3O. The molecule has 4 nitrogen and oxygen atoms in total. The molecule has 0 aliphatic heterocycles. The Morgan fingerprint density at radius 3 is 2.59 bits per heavy atom. The maximum atomic E-state index is 11.0. The van der Waals surface area contributed by atoms with Gasteiger partial charge in [-0.25, -0.2) is 4.79 Å². The van der Waals surface area contributed by atoms with Gasteiger partial charge in [-0.15, -0.1) is 0 Å². The third-order valence-corrected chi connectivity index (χ3v) is 3.69. The first kappa shape index (κ1) is 16.1. The van der Waals surface area contributed by atoms with Crippen molar-refractivity contribution in [3.8, 4) is 0 Å². The van der Waals surface area contributed by atoms with Crippen molar-refractivity contribution in [2.75, 3.05) is 5.32 Å². The Bertz CT molecular complexity index is 644. The van der Waals surface area contributed by atoms with Crippen molar-refractivity contribution in [1.82, 2.24) is 4.57 Å². The molecule has 118 valence electrons. The van der Waals surface area contributed by atoms with Crippen LogP contribution in [0.1, 0.15) is 50.2 Å². The Balaban J connectivity index is 2.25. The van der Waals surface area contributed by atoms with E-state index >= 15 is 0 Å². The summed E-state index contributed by atoms with van der Waals surface area (Å²) < 4.78 is 2.41. The van der Waals surface area contributed by atoms with Crippen molar-refractivity contribution in [3.63, 3.8) is 0 Å². The Morgan fingerprint density at radius 1 is 1.23 bits per heavy atom. The number of aryl methyl sites for hydroxylation is 1. The fourth-order valence-corrected chi connectivity index (χ4v) is 2.92. The molecule has 0 aliphatic carbocycles. The first-order valence-corrected chi connectivity index (χ1v) is 7.85. The number of carbonyl (C=O) groups is 1. The van der Waals surface area contributed by atoms with Crippen LogP contribution < -0.4 is 11.1 Å². The summed E-state index contributed by atoms with van der Waals surface area (Å²) in [6.45, 7) is 6.64. The summed E-state index contributed by atoms with van der Waals surface area (Å²) in [5.74, 6) is 0. The van der Waals surface area contributed by atoms with Crippen molar-refractivity contribution >= 4 is 11.7 Å². The van der Waals surface area contributed by atoms with Gasteiger partial charge in [0.2, 0.25) is 0 Å². The van der Waals surface area contributed by atoms with Crippen molar-refractivity contribution < 1.29 is 4.79 Å². The topological polar surface area (TPSA) is 60.0 Å². The normalized spacial score (nSPS) is 10.9. The second-order valence-corrected chi connectivity index (χ2v) is 5.90. The molecule has 3 N–H and O–H groups in total. The Labute approximate surface area is 132 Å². The van der Waals surface area contributed by atoms with Crippen LogP contribution in [0.25, 0.3) is 0 Å². The molecular weight excluding hydrogens is 274 g/mol. The Kier molecular flexibility index (Phi) is 5.26. The van der Waals surface area contributed by atoms with Crippen LogP contribution in [0.15, 0.2) is 36.4 Å². The molecule has 0 saturated heterocycles. The van der Waals surface area contributed by atoms with E-state index in [2.05, 4.69) is 48.9 Å². The van der Waals surface area contributed by atoms with Crippen molar-refractivity contribution in [2.45, 2.75) is 46.1 Å². The van der Waals surface area contributed by atoms with Gasteiger partial charge in [0.15, 0.2) is 0 Å². The average Bonchev–Trinajstić information content (AvgIpc) is 2.81. The molecule has 22 heavy (non-hydrogen) atoms. The summed E-state index contributed by atoms with van der Waals surface area (Å²) in [4.78, 5) is 11.0. The van der Waals surface area contributed by atoms with Gasteiger partial charge in [-0.3, -0.25) is 0 Å².